The molecular weight excluding hydrogens is 358 g/mol. The Morgan fingerprint density at radius 3 is 2.81 bits per heavy atom. The number of fused-ring (bicyclic) bond motifs is 1. The molecular formula is C21H25N3S2. The van der Waals surface area contributed by atoms with Crippen LogP contribution < -0.4 is 0 Å². The van der Waals surface area contributed by atoms with E-state index in [0.29, 0.717) is 0 Å². The first-order chi connectivity index (χ1) is 12.7. The highest BCUT2D eigenvalue weighted by atomic mass is 32.2. The van der Waals surface area contributed by atoms with E-state index in [1.54, 1.807) is 16.6 Å². The summed E-state index contributed by atoms with van der Waals surface area (Å²) in [6, 6.07) is 8.74. The van der Waals surface area contributed by atoms with Crippen LogP contribution in [0.5, 0.6) is 0 Å². The zero-order valence-corrected chi connectivity index (χ0v) is 17.3. The Labute approximate surface area is 163 Å². The lowest BCUT2D eigenvalue weighted by Gasteiger charge is -2.19. The second-order valence-corrected chi connectivity index (χ2v) is 9.13. The zero-order valence-electron chi connectivity index (χ0n) is 15.7. The van der Waals surface area contributed by atoms with Crippen LogP contribution >= 0.6 is 23.1 Å². The molecule has 3 aromatic rings. The molecule has 0 radical (unpaired) electrons. The Balaban J connectivity index is 1.58. The van der Waals surface area contributed by atoms with Crippen molar-refractivity contribution in [3.05, 3.63) is 51.2 Å². The summed E-state index contributed by atoms with van der Waals surface area (Å²) in [4.78, 5) is 1.55. The van der Waals surface area contributed by atoms with Crippen molar-refractivity contribution in [2.45, 2.75) is 57.5 Å². The van der Waals surface area contributed by atoms with E-state index in [0.717, 1.165) is 29.2 Å². The molecule has 0 amide bonds. The molecule has 1 aliphatic rings. The van der Waals surface area contributed by atoms with Gasteiger partial charge in [-0.15, -0.1) is 21.5 Å². The third-order valence-corrected chi connectivity index (χ3v) is 7.25. The largest absolute Gasteiger partial charge is 0.302 e. The van der Waals surface area contributed by atoms with Crippen molar-refractivity contribution >= 4 is 23.1 Å². The molecule has 3 nitrogen and oxygen atoms in total. The number of hydrogen-bond acceptors (Lipinski definition) is 4. The fourth-order valence-corrected chi connectivity index (χ4v) is 5.78. The zero-order chi connectivity index (χ0) is 18.1. The van der Waals surface area contributed by atoms with Crippen LogP contribution in [0, 0.1) is 12.8 Å². The molecule has 26 heavy (non-hydrogen) atoms. The van der Waals surface area contributed by atoms with Gasteiger partial charge in [-0.25, -0.2) is 0 Å². The van der Waals surface area contributed by atoms with Crippen molar-refractivity contribution in [2.24, 2.45) is 5.92 Å². The van der Waals surface area contributed by atoms with E-state index in [-0.39, 0.29) is 0 Å². The van der Waals surface area contributed by atoms with Crippen molar-refractivity contribution < 1.29 is 0 Å². The van der Waals surface area contributed by atoms with E-state index in [9.17, 15) is 0 Å². The number of benzene rings is 1. The fraction of sp³-hybridized carbons (Fsp3) is 0.429. The van der Waals surface area contributed by atoms with Gasteiger partial charge in [0.05, 0.1) is 0 Å². The van der Waals surface area contributed by atoms with Gasteiger partial charge in [-0.3, -0.25) is 0 Å². The Bertz CT molecular complexity index is 893. The standard InChI is InChI=1S/C21H25N3S2/c1-4-24-20(18-13-25-19-11-15(3)7-10-17(18)19)22-23-21(24)26-12-16-8-5-14(2)6-9-16/h5-6,8-9,13,15H,4,7,10-12H2,1-3H3. The van der Waals surface area contributed by atoms with Gasteiger partial charge in [-0.1, -0.05) is 48.5 Å². The Morgan fingerprint density at radius 1 is 1.23 bits per heavy atom. The highest BCUT2D eigenvalue weighted by molar-refractivity contribution is 7.98. The van der Waals surface area contributed by atoms with Crippen LogP contribution in [0.3, 0.4) is 0 Å². The number of aromatic nitrogens is 3. The fourth-order valence-electron chi connectivity index (χ4n) is 3.58. The number of aryl methyl sites for hydroxylation is 1. The van der Waals surface area contributed by atoms with Crippen LogP contribution in [0.4, 0.5) is 0 Å². The first kappa shape index (κ1) is 17.8. The van der Waals surface area contributed by atoms with Crippen LogP contribution in [0.1, 0.15) is 41.8 Å². The second kappa shape index (κ2) is 7.57. The molecule has 2 aromatic heterocycles. The lowest BCUT2D eigenvalue weighted by molar-refractivity contribution is 0.508. The van der Waals surface area contributed by atoms with Crippen LogP contribution in [-0.2, 0) is 25.1 Å². The van der Waals surface area contributed by atoms with Gasteiger partial charge in [0.15, 0.2) is 11.0 Å². The third-order valence-electron chi connectivity index (χ3n) is 5.16. The molecule has 0 N–H and O–H groups in total. The van der Waals surface area contributed by atoms with E-state index in [1.807, 2.05) is 11.3 Å². The minimum atomic E-state index is 0.804. The molecule has 136 valence electrons. The maximum atomic E-state index is 4.58. The summed E-state index contributed by atoms with van der Waals surface area (Å²) < 4.78 is 2.28. The second-order valence-electron chi connectivity index (χ2n) is 7.22. The maximum Gasteiger partial charge on any atom is 0.191 e. The predicted octanol–water partition coefficient (Wildman–Crippen LogP) is 5.75. The number of rotatable bonds is 5. The molecule has 5 heteroatoms. The Hall–Kier alpha value is -1.59. The highest BCUT2D eigenvalue weighted by Gasteiger charge is 2.24. The number of thiophene rings is 1. The summed E-state index contributed by atoms with van der Waals surface area (Å²) in [7, 11) is 0. The van der Waals surface area contributed by atoms with Gasteiger partial charge in [0.2, 0.25) is 0 Å². The van der Waals surface area contributed by atoms with E-state index in [2.05, 4.69) is 65.2 Å². The Morgan fingerprint density at radius 2 is 2.04 bits per heavy atom. The minimum absolute atomic E-state index is 0.804. The van der Waals surface area contributed by atoms with Crippen molar-refractivity contribution in [3.63, 3.8) is 0 Å². The summed E-state index contributed by atoms with van der Waals surface area (Å²) in [5.74, 6) is 2.78. The molecule has 1 atom stereocenters. The molecule has 2 heterocycles. The molecule has 1 aromatic carbocycles. The van der Waals surface area contributed by atoms with E-state index < -0.39 is 0 Å². The van der Waals surface area contributed by atoms with Crippen LogP contribution in [0.25, 0.3) is 11.4 Å². The van der Waals surface area contributed by atoms with Gasteiger partial charge in [0, 0.05) is 28.1 Å². The first-order valence-corrected chi connectivity index (χ1v) is 11.2. The van der Waals surface area contributed by atoms with E-state index >= 15 is 0 Å². The Kier molecular flexibility index (Phi) is 5.18. The quantitative estimate of drug-likeness (QED) is 0.525. The molecule has 0 saturated heterocycles. The monoisotopic (exact) mass is 383 g/mol. The molecule has 0 bridgehead atoms. The minimum Gasteiger partial charge on any atom is -0.302 e. The van der Waals surface area contributed by atoms with Crippen LogP contribution in [0.15, 0.2) is 34.8 Å². The van der Waals surface area contributed by atoms with E-state index in [1.165, 1.54) is 41.5 Å². The predicted molar refractivity (Wildman–Crippen MR) is 111 cm³/mol. The molecule has 0 spiro atoms. The van der Waals surface area contributed by atoms with Gasteiger partial charge in [-0.05, 0) is 50.2 Å². The average Bonchev–Trinajstić information content (AvgIpc) is 3.23. The van der Waals surface area contributed by atoms with Crippen molar-refractivity contribution in [1.82, 2.24) is 14.8 Å². The topological polar surface area (TPSA) is 30.7 Å². The van der Waals surface area contributed by atoms with Gasteiger partial charge in [0.25, 0.3) is 0 Å². The molecule has 1 unspecified atom stereocenters. The number of hydrogen-bond donors (Lipinski definition) is 0. The molecule has 0 aliphatic heterocycles. The summed E-state index contributed by atoms with van der Waals surface area (Å²) in [6.45, 7) is 7.57. The maximum absolute atomic E-state index is 4.58. The lowest BCUT2D eigenvalue weighted by atomic mass is 9.88. The molecule has 0 saturated carbocycles. The molecule has 4 rings (SSSR count). The van der Waals surface area contributed by atoms with Crippen molar-refractivity contribution in [1.29, 1.82) is 0 Å². The van der Waals surface area contributed by atoms with Gasteiger partial charge < -0.3 is 4.57 Å². The number of thioether (sulfide) groups is 1. The van der Waals surface area contributed by atoms with Crippen LogP contribution in [0.2, 0.25) is 0 Å². The number of nitrogens with zero attached hydrogens (tertiary/aromatic N) is 3. The van der Waals surface area contributed by atoms with Crippen LogP contribution in [-0.4, -0.2) is 14.8 Å². The summed E-state index contributed by atoms with van der Waals surface area (Å²) in [5, 5.41) is 12.4. The summed E-state index contributed by atoms with van der Waals surface area (Å²) >= 11 is 3.68. The smallest absolute Gasteiger partial charge is 0.191 e. The normalized spacial score (nSPS) is 16.7. The van der Waals surface area contributed by atoms with E-state index in [4.69, 9.17) is 0 Å². The summed E-state index contributed by atoms with van der Waals surface area (Å²) in [6.07, 6.45) is 3.68. The van der Waals surface area contributed by atoms with Gasteiger partial charge >= 0.3 is 0 Å². The lowest BCUT2D eigenvalue weighted by Crippen LogP contribution is -2.10. The first-order valence-electron chi connectivity index (χ1n) is 9.36. The van der Waals surface area contributed by atoms with Gasteiger partial charge in [0.1, 0.15) is 0 Å². The average molecular weight is 384 g/mol. The summed E-state index contributed by atoms with van der Waals surface area (Å²) in [5.41, 5.74) is 5.46. The molecule has 0 fully saturated rings. The molecule has 1 aliphatic carbocycles. The van der Waals surface area contributed by atoms with Gasteiger partial charge in [-0.2, -0.15) is 0 Å². The SMILES string of the molecule is CCn1c(SCc2ccc(C)cc2)nnc1-c1csc2c1CCC(C)C2. The highest BCUT2D eigenvalue weighted by Crippen LogP contribution is 2.38. The van der Waals surface area contributed by atoms with Crippen molar-refractivity contribution in [3.8, 4) is 11.4 Å². The third kappa shape index (κ3) is 3.47. The van der Waals surface area contributed by atoms with Crippen molar-refractivity contribution in [2.75, 3.05) is 0 Å².